The summed E-state index contributed by atoms with van der Waals surface area (Å²) < 4.78 is 2.12. The summed E-state index contributed by atoms with van der Waals surface area (Å²) in [5, 5.41) is 8.78. The van der Waals surface area contributed by atoms with Crippen LogP contribution in [0.5, 0.6) is 0 Å². The van der Waals surface area contributed by atoms with Crippen LogP contribution < -0.4 is 0 Å². The van der Waals surface area contributed by atoms with Crippen molar-refractivity contribution in [1.82, 2.24) is 9.55 Å². The van der Waals surface area contributed by atoms with Crippen molar-refractivity contribution in [2.75, 3.05) is 0 Å². The Morgan fingerprint density at radius 1 is 1.38 bits per heavy atom. The van der Waals surface area contributed by atoms with Gasteiger partial charge in [0.1, 0.15) is 5.82 Å². The molecule has 0 radical (unpaired) electrons. The van der Waals surface area contributed by atoms with Crippen molar-refractivity contribution in [3.05, 3.63) is 29.6 Å². The van der Waals surface area contributed by atoms with Gasteiger partial charge in [0.25, 0.3) is 0 Å². The summed E-state index contributed by atoms with van der Waals surface area (Å²) >= 11 is 0. The summed E-state index contributed by atoms with van der Waals surface area (Å²) in [5.41, 5.74) is 2.49. The third-order valence-electron chi connectivity index (χ3n) is 3.90. The van der Waals surface area contributed by atoms with Crippen LogP contribution in [0, 0.1) is 0 Å². The predicted octanol–water partition coefficient (Wildman–Crippen LogP) is 2.98. The Labute approximate surface area is 122 Å². The van der Waals surface area contributed by atoms with E-state index in [1.165, 1.54) is 0 Å². The van der Waals surface area contributed by atoms with Crippen molar-refractivity contribution in [3.63, 3.8) is 0 Å². The topological polar surface area (TPSA) is 72.2 Å². The summed E-state index contributed by atoms with van der Waals surface area (Å²) in [6.07, 6.45) is 3.04. The second kappa shape index (κ2) is 5.31. The Morgan fingerprint density at radius 3 is 2.76 bits per heavy atom. The van der Waals surface area contributed by atoms with Crippen molar-refractivity contribution < 1.29 is 14.7 Å². The number of ketones is 1. The molecule has 0 atom stereocenters. The molecule has 0 saturated heterocycles. The molecule has 0 unspecified atom stereocenters. The Kier molecular flexibility index (Phi) is 3.49. The lowest BCUT2D eigenvalue weighted by Gasteiger charge is -2.07. The van der Waals surface area contributed by atoms with Gasteiger partial charge in [-0.3, -0.25) is 9.59 Å². The van der Waals surface area contributed by atoms with Gasteiger partial charge in [0.2, 0.25) is 0 Å². The molecular formula is C16H18N2O3. The highest BCUT2D eigenvalue weighted by molar-refractivity contribution is 5.97. The van der Waals surface area contributed by atoms with Gasteiger partial charge in [-0.25, -0.2) is 4.98 Å². The van der Waals surface area contributed by atoms with Gasteiger partial charge < -0.3 is 9.67 Å². The molecule has 2 aromatic rings. The number of carboxylic acid groups (broad SMARTS) is 1. The molecule has 1 heterocycles. The minimum Gasteiger partial charge on any atom is -0.481 e. The number of imidazole rings is 1. The number of carboxylic acids is 1. The van der Waals surface area contributed by atoms with Gasteiger partial charge in [0.05, 0.1) is 11.0 Å². The lowest BCUT2D eigenvalue weighted by Crippen LogP contribution is -2.05. The minimum atomic E-state index is -0.772. The molecular weight excluding hydrogens is 268 g/mol. The van der Waals surface area contributed by atoms with Crippen LogP contribution in [-0.2, 0) is 11.3 Å². The maximum atomic E-state index is 11.5. The van der Waals surface area contributed by atoms with E-state index in [4.69, 9.17) is 5.11 Å². The zero-order valence-electron chi connectivity index (χ0n) is 12.0. The Bertz CT molecular complexity index is 714. The van der Waals surface area contributed by atoms with Crippen LogP contribution in [-0.4, -0.2) is 26.4 Å². The van der Waals surface area contributed by atoms with E-state index < -0.39 is 5.97 Å². The van der Waals surface area contributed by atoms with E-state index in [0.29, 0.717) is 24.4 Å². The van der Waals surface area contributed by atoms with E-state index in [0.717, 1.165) is 29.7 Å². The third-order valence-corrected chi connectivity index (χ3v) is 3.90. The molecule has 3 rings (SSSR count). The molecule has 1 aliphatic carbocycles. The zero-order valence-corrected chi connectivity index (χ0v) is 12.0. The van der Waals surface area contributed by atoms with Crippen LogP contribution in [0.15, 0.2) is 18.2 Å². The standard InChI is InChI=1S/C16H18N2O3/c1-10(19)12-6-7-14-13(9-12)17-16(11-4-5-11)18(14)8-2-3-15(20)21/h6-7,9,11H,2-5,8H2,1H3,(H,20,21). The number of nitrogens with zero attached hydrogens (tertiary/aromatic N) is 2. The maximum Gasteiger partial charge on any atom is 0.303 e. The monoisotopic (exact) mass is 286 g/mol. The van der Waals surface area contributed by atoms with Crippen molar-refractivity contribution in [3.8, 4) is 0 Å². The fourth-order valence-electron chi connectivity index (χ4n) is 2.64. The number of hydrogen-bond acceptors (Lipinski definition) is 3. The third kappa shape index (κ3) is 2.82. The molecule has 110 valence electrons. The van der Waals surface area contributed by atoms with E-state index in [-0.39, 0.29) is 12.2 Å². The molecule has 1 fully saturated rings. The highest BCUT2D eigenvalue weighted by Crippen LogP contribution is 2.40. The molecule has 5 heteroatoms. The normalized spacial score (nSPS) is 14.5. The van der Waals surface area contributed by atoms with Gasteiger partial charge in [0, 0.05) is 24.4 Å². The molecule has 0 bridgehead atoms. The van der Waals surface area contributed by atoms with Gasteiger partial charge >= 0.3 is 5.97 Å². The number of aromatic nitrogens is 2. The van der Waals surface area contributed by atoms with E-state index in [1.807, 2.05) is 18.2 Å². The molecule has 1 N–H and O–H groups in total. The molecule has 1 aromatic carbocycles. The number of Topliss-reactive ketones (excluding diaryl/α,β-unsaturated/α-hetero) is 1. The number of benzene rings is 1. The van der Waals surface area contributed by atoms with Crippen LogP contribution in [0.4, 0.5) is 0 Å². The summed E-state index contributed by atoms with van der Waals surface area (Å²) in [4.78, 5) is 26.8. The Morgan fingerprint density at radius 2 is 2.14 bits per heavy atom. The first-order valence-corrected chi connectivity index (χ1v) is 7.29. The second-order valence-electron chi connectivity index (χ2n) is 5.65. The highest BCUT2D eigenvalue weighted by atomic mass is 16.4. The number of carbonyl (C=O) groups is 2. The lowest BCUT2D eigenvalue weighted by molar-refractivity contribution is -0.137. The maximum absolute atomic E-state index is 11.5. The molecule has 1 aromatic heterocycles. The zero-order chi connectivity index (χ0) is 15.0. The average Bonchev–Trinajstić information content (AvgIpc) is 3.21. The SMILES string of the molecule is CC(=O)c1ccc2c(c1)nc(C1CC1)n2CCCC(=O)O. The van der Waals surface area contributed by atoms with Gasteiger partial charge in [-0.05, 0) is 44.4 Å². The van der Waals surface area contributed by atoms with Crippen LogP contribution in [0.2, 0.25) is 0 Å². The second-order valence-corrected chi connectivity index (χ2v) is 5.65. The molecule has 0 spiro atoms. The fourth-order valence-corrected chi connectivity index (χ4v) is 2.64. The van der Waals surface area contributed by atoms with Crippen LogP contribution in [0.1, 0.15) is 54.7 Å². The smallest absolute Gasteiger partial charge is 0.303 e. The first kappa shape index (κ1) is 13.8. The summed E-state index contributed by atoms with van der Waals surface area (Å²) in [6.45, 7) is 2.21. The van der Waals surface area contributed by atoms with Crippen molar-refractivity contribution in [1.29, 1.82) is 0 Å². The quantitative estimate of drug-likeness (QED) is 0.829. The van der Waals surface area contributed by atoms with Crippen LogP contribution >= 0.6 is 0 Å². The number of fused-ring (bicyclic) bond motifs is 1. The predicted molar refractivity (Wildman–Crippen MR) is 78.6 cm³/mol. The molecule has 5 nitrogen and oxygen atoms in total. The average molecular weight is 286 g/mol. The molecule has 0 amide bonds. The summed E-state index contributed by atoms with van der Waals surface area (Å²) in [5.74, 6) is 0.788. The van der Waals surface area contributed by atoms with Crippen LogP contribution in [0.3, 0.4) is 0 Å². The number of aliphatic carboxylic acids is 1. The van der Waals surface area contributed by atoms with Crippen molar-refractivity contribution in [2.45, 2.75) is 45.1 Å². The first-order valence-electron chi connectivity index (χ1n) is 7.29. The van der Waals surface area contributed by atoms with E-state index >= 15 is 0 Å². The largest absolute Gasteiger partial charge is 0.481 e. The van der Waals surface area contributed by atoms with Gasteiger partial charge in [-0.15, -0.1) is 0 Å². The number of rotatable bonds is 6. The molecule has 1 saturated carbocycles. The number of aryl methyl sites for hydroxylation is 1. The van der Waals surface area contributed by atoms with E-state index in [1.54, 1.807) is 6.92 Å². The fraction of sp³-hybridized carbons (Fsp3) is 0.438. The Balaban J connectivity index is 1.97. The summed E-state index contributed by atoms with van der Waals surface area (Å²) in [7, 11) is 0. The van der Waals surface area contributed by atoms with Gasteiger partial charge in [-0.2, -0.15) is 0 Å². The summed E-state index contributed by atoms with van der Waals surface area (Å²) in [6, 6.07) is 5.57. The Hall–Kier alpha value is -2.17. The van der Waals surface area contributed by atoms with E-state index in [2.05, 4.69) is 9.55 Å². The lowest BCUT2D eigenvalue weighted by atomic mass is 10.1. The molecule has 1 aliphatic rings. The highest BCUT2D eigenvalue weighted by Gasteiger charge is 2.29. The van der Waals surface area contributed by atoms with E-state index in [9.17, 15) is 9.59 Å². The minimum absolute atomic E-state index is 0.0327. The number of hydrogen-bond donors (Lipinski definition) is 1. The van der Waals surface area contributed by atoms with Gasteiger partial charge in [0.15, 0.2) is 5.78 Å². The van der Waals surface area contributed by atoms with Crippen molar-refractivity contribution in [2.24, 2.45) is 0 Å². The molecule has 0 aliphatic heterocycles. The number of carbonyl (C=O) groups excluding carboxylic acids is 1. The first-order chi connectivity index (χ1) is 10.1. The van der Waals surface area contributed by atoms with Crippen LogP contribution in [0.25, 0.3) is 11.0 Å². The molecule has 21 heavy (non-hydrogen) atoms. The van der Waals surface area contributed by atoms with Gasteiger partial charge in [-0.1, -0.05) is 0 Å². The van der Waals surface area contributed by atoms with Crippen molar-refractivity contribution >= 4 is 22.8 Å².